The summed E-state index contributed by atoms with van der Waals surface area (Å²) in [7, 11) is 1.32. The van der Waals surface area contributed by atoms with Gasteiger partial charge in [0.05, 0.1) is 13.2 Å². The van der Waals surface area contributed by atoms with Crippen LogP contribution < -0.4 is 0 Å². The van der Waals surface area contributed by atoms with E-state index in [4.69, 9.17) is 10.00 Å². The summed E-state index contributed by atoms with van der Waals surface area (Å²) in [6.45, 7) is 12.3. The summed E-state index contributed by atoms with van der Waals surface area (Å²) in [6, 6.07) is 1.18. The molecule has 0 fully saturated rings. The van der Waals surface area contributed by atoms with Crippen molar-refractivity contribution in [3.05, 3.63) is 0 Å². The number of rotatable bonds is 5. The molecule has 0 aromatic heterocycles. The minimum Gasteiger partial charge on any atom is -0.467 e. The van der Waals surface area contributed by atoms with Crippen LogP contribution in [-0.4, -0.2) is 36.5 Å². The second kappa shape index (κ2) is 7.44. The molecule has 5 nitrogen and oxygen atoms in total. The second-order valence-corrected chi connectivity index (χ2v) is 7.52. The van der Waals surface area contributed by atoms with E-state index in [0.29, 0.717) is 6.54 Å². The van der Waals surface area contributed by atoms with Gasteiger partial charge in [-0.2, -0.15) is 5.26 Å². The van der Waals surface area contributed by atoms with Crippen molar-refractivity contribution in [2.75, 3.05) is 13.7 Å². The highest BCUT2D eigenvalue weighted by atomic mass is 16.5. The molecule has 0 saturated heterocycles. The molecule has 1 atom stereocenters. The summed E-state index contributed by atoms with van der Waals surface area (Å²) in [4.78, 5) is 25.9. The molecule has 0 aromatic rings. The van der Waals surface area contributed by atoms with Crippen molar-refractivity contribution in [3.63, 3.8) is 0 Å². The van der Waals surface area contributed by atoms with E-state index in [2.05, 4.69) is 20.8 Å². The molecule has 0 spiro atoms. The molecular weight excluding hydrogens is 268 g/mol. The molecule has 120 valence electrons. The van der Waals surface area contributed by atoms with Crippen LogP contribution in [0.3, 0.4) is 0 Å². The number of carbonyl (C=O) groups excluding carboxylic acids is 2. The third-order valence-electron chi connectivity index (χ3n) is 3.21. The average Bonchev–Trinajstić information content (AvgIpc) is 2.30. The normalized spacial score (nSPS) is 13.2. The molecule has 1 amide bonds. The molecule has 0 bridgehead atoms. The summed E-state index contributed by atoms with van der Waals surface area (Å²) in [5.41, 5.74) is -0.431. The summed E-state index contributed by atoms with van der Waals surface area (Å²) >= 11 is 0. The fourth-order valence-electron chi connectivity index (χ4n) is 2.08. The summed E-state index contributed by atoms with van der Waals surface area (Å²) in [5.74, 6) is -0.769. The van der Waals surface area contributed by atoms with Gasteiger partial charge in [0.15, 0.2) is 0 Å². The van der Waals surface area contributed by atoms with E-state index in [0.717, 1.165) is 6.42 Å². The van der Waals surface area contributed by atoms with Crippen molar-refractivity contribution in [2.45, 2.75) is 60.4 Å². The third-order valence-corrected chi connectivity index (χ3v) is 3.21. The van der Waals surface area contributed by atoms with Gasteiger partial charge in [-0.25, -0.2) is 4.79 Å². The van der Waals surface area contributed by atoms with Gasteiger partial charge >= 0.3 is 5.97 Å². The SMILES string of the molecule is COC(=O)[C@@H](N(CCC(C)(C)C)C(=O)CC#N)C(C)(C)C. The van der Waals surface area contributed by atoms with Crippen molar-refractivity contribution in [3.8, 4) is 6.07 Å². The molecule has 0 unspecified atom stereocenters. The Morgan fingerprint density at radius 2 is 1.71 bits per heavy atom. The lowest BCUT2D eigenvalue weighted by atomic mass is 9.84. The fraction of sp³-hybridized carbons (Fsp3) is 0.812. The Kier molecular flexibility index (Phi) is 6.89. The van der Waals surface area contributed by atoms with Crippen LogP contribution in [0.1, 0.15) is 54.4 Å². The van der Waals surface area contributed by atoms with E-state index >= 15 is 0 Å². The van der Waals surface area contributed by atoms with Gasteiger partial charge in [0.25, 0.3) is 0 Å². The maximum Gasteiger partial charge on any atom is 0.329 e. The standard InChI is InChI=1S/C16H28N2O3/c1-15(2,3)9-11-18(12(19)8-10-17)13(14(20)21-7)16(4,5)6/h13H,8-9,11H2,1-7H3/t13-/m1/s1. The van der Waals surface area contributed by atoms with Crippen LogP contribution in [-0.2, 0) is 14.3 Å². The Bertz CT molecular complexity index is 411. The predicted molar refractivity (Wildman–Crippen MR) is 81.3 cm³/mol. The van der Waals surface area contributed by atoms with E-state index in [-0.39, 0.29) is 17.7 Å². The number of ether oxygens (including phenoxy) is 1. The van der Waals surface area contributed by atoms with Crippen molar-refractivity contribution in [2.24, 2.45) is 10.8 Å². The van der Waals surface area contributed by atoms with Gasteiger partial charge in [-0.05, 0) is 17.3 Å². The summed E-state index contributed by atoms with van der Waals surface area (Å²) in [5, 5.41) is 8.78. The van der Waals surface area contributed by atoms with Crippen molar-refractivity contribution in [1.29, 1.82) is 5.26 Å². The first kappa shape index (κ1) is 19.4. The molecule has 0 rings (SSSR count). The van der Waals surface area contributed by atoms with Crippen LogP contribution in [0.25, 0.3) is 0 Å². The summed E-state index contributed by atoms with van der Waals surface area (Å²) in [6.07, 6.45) is 0.515. The van der Waals surface area contributed by atoms with Gasteiger partial charge in [0.1, 0.15) is 12.5 Å². The van der Waals surface area contributed by atoms with Gasteiger partial charge in [0, 0.05) is 6.54 Å². The monoisotopic (exact) mass is 296 g/mol. The lowest BCUT2D eigenvalue weighted by molar-refractivity contribution is -0.157. The van der Waals surface area contributed by atoms with E-state index in [9.17, 15) is 9.59 Å². The molecule has 5 heteroatoms. The number of methoxy groups -OCH3 is 1. The first-order chi connectivity index (χ1) is 9.44. The van der Waals surface area contributed by atoms with Crippen LogP contribution in [0.4, 0.5) is 0 Å². The Morgan fingerprint density at radius 3 is 2.05 bits per heavy atom. The van der Waals surface area contributed by atoms with Crippen LogP contribution >= 0.6 is 0 Å². The number of amides is 1. The molecule has 0 aliphatic carbocycles. The molecule has 21 heavy (non-hydrogen) atoms. The maximum absolute atomic E-state index is 12.3. The van der Waals surface area contributed by atoms with E-state index in [1.54, 1.807) is 0 Å². The molecular formula is C16H28N2O3. The largest absolute Gasteiger partial charge is 0.467 e. The van der Waals surface area contributed by atoms with Crippen LogP contribution in [0.5, 0.6) is 0 Å². The quantitative estimate of drug-likeness (QED) is 0.731. The molecule has 0 N–H and O–H groups in total. The lowest BCUT2D eigenvalue weighted by Crippen LogP contribution is -2.53. The molecule has 0 aliphatic rings. The maximum atomic E-state index is 12.3. The second-order valence-electron chi connectivity index (χ2n) is 7.52. The Labute approximate surface area is 128 Å². The van der Waals surface area contributed by atoms with Crippen LogP contribution in [0.15, 0.2) is 0 Å². The zero-order valence-corrected chi connectivity index (χ0v) is 14.3. The van der Waals surface area contributed by atoms with E-state index in [1.165, 1.54) is 12.0 Å². The van der Waals surface area contributed by atoms with Gasteiger partial charge < -0.3 is 9.64 Å². The number of esters is 1. The minimum absolute atomic E-state index is 0.0315. The topological polar surface area (TPSA) is 70.4 Å². The average molecular weight is 296 g/mol. The first-order valence-corrected chi connectivity index (χ1v) is 7.18. The van der Waals surface area contributed by atoms with E-state index in [1.807, 2.05) is 26.8 Å². The molecule has 0 saturated carbocycles. The number of nitriles is 1. The smallest absolute Gasteiger partial charge is 0.329 e. The zero-order valence-electron chi connectivity index (χ0n) is 14.3. The van der Waals surface area contributed by atoms with E-state index < -0.39 is 17.4 Å². The highest BCUT2D eigenvalue weighted by Crippen LogP contribution is 2.28. The van der Waals surface area contributed by atoms with Gasteiger partial charge in [-0.3, -0.25) is 4.79 Å². The molecule has 0 radical (unpaired) electrons. The third kappa shape index (κ3) is 6.61. The van der Waals surface area contributed by atoms with Gasteiger partial charge in [-0.15, -0.1) is 0 Å². The number of hydrogen-bond donors (Lipinski definition) is 0. The minimum atomic E-state index is -0.689. The Morgan fingerprint density at radius 1 is 1.19 bits per heavy atom. The molecule has 0 aliphatic heterocycles. The predicted octanol–water partition coefficient (Wildman–Crippen LogP) is 2.75. The summed E-state index contributed by atoms with van der Waals surface area (Å²) < 4.78 is 4.86. The van der Waals surface area contributed by atoms with Gasteiger partial charge in [-0.1, -0.05) is 41.5 Å². The van der Waals surface area contributed by atoms with Gasteiger partial charge in [0.2, 0.25) is 5.91 Å². The zero-order chi connectivity index (χ0) is 16.8. The Hall–Kier alpha value is -1.57. The molecule has 0 aromatic carbocycles. The first-order valence-electron chi connectivity index (χ1n) is 7.18. The van der Waals surface area contributed by atoms with Crippen molar-refractivity contribution < 1.29 is 14.3 Å². The highest BCUT2D eigenvalue weighted by molar-refractivity contribution is 5.86. The lowest BCUT2D eigenvalue weighted by Gasteiger charge is -2.39. The van der Waals surface area contributed by atoms with Crippen LogP contribution in [0, 0.1) is 22.2 Å². The highest BCUT2D eigenvalue weighted by Gasteiger charge is 2.39. The Balaban J connectivity index is 5.45. The number of nitrogens with zero attached hydrogens (tertiary/aromatic N) is 2. The fourth-order valence-corrected chi connectivity index (χ4v) is 2.08. The number of hydrogen-bond acceptors (Lipinski definition) is 4. The van der Waals surface area contributed by atoms with Crippen molar-refractivity contribution in [1.82, 2.24) is 4.90 Å². The van der Waals surface area contributed by atoms with Crippen molar-refractivity contribution >= 4 is 11.9 Å². The van der Waals surface area contributed by atoms with Crippen LogP contribution in [0.2, 0.25) is 0 Å². The number of carbonyl (C=O) groups is 2. The molecule has 0 heterocycles.